The van der Waals surface area contributed by atoms with Crippen molar-refractivity contribution in [2.75, 3.05) is 55.4 Å². The minimum Gasteiger partial charge on any atom is -0.396 e. The maximum Gasteiger partial charge on any atom is 0.264 e. The summed E-state index contributed by atoms with van der Waals surface area (Å²) >= 11 is 7.23. The van der Waals surface area contributed by atoms with Crippen molar-refractivity contribution >= 4 is 75.4 Å². The lowest BCUT2D eigenvalue weighted by atomic mass is 9.93. The van der Waals surface area contributed by atoms with Gasteiger partial charge in [0.2, 0.25) is 0 Å². The van der Waals surface area contributed by atoms with Gasteiger partial charge in [-0.05, 0) is 176 Å². The Morgan fingerprint density at radius 3 is 1.34 bits per heavy atom. The summed E-state index contributed by atoms with van der Waals surface area (Å²) in [5, 5.41) is 11.7. The zero-order valence-corrected chi connectivity index (χ0v) is 41.8. The molecule has 332 valence electrons. The first kappa shape index (κ1) is 46.2. The van der Waals surface area contributed by atoms with Crippen LogP contribution in [0.3, 0.4) is 0 Å². The van der Waals surface area contributed by atoms with E-state index in [1.807, 2.05) is 0 Å². The quantitative estimate of drug-likeness (QED) is 0.135. The van der Waals surface area contributed by atoms with Gasteiger partial charge in [-0.3, -0.25) is 4.18 Å². The second-order valence-electron chi connectivity index (χ2n) is 17.8. The highest BCUT2D eigenvalue weighted by molar-refractivity contribution is 9.10. The number of piperidine rings is 2. The summed E-state index contributed by atoms with van der Waals surface area (Å²) in [6, 6.07) is 13.1. The third-order valence-corrected chi connectivity index (χ3v) is 14.3. The fourth-order valence-corrected chi connectivity index (χ4v) is 11.7. The molecule has 13 heteroatoms. The van der Waals surface area contributed by atoms with Crippen molar-refractivity contribution in [1.29, 1.82) is 0 Å². The molecule has 8 rings (SSSR count). The molecule has 6 aromatic rings. The van der Waals surface area contributed by atoms with Crippen LogP contribution in [-0.4, -0.2) is 78.3 Å². The van der Waals surface area contributed by atoms with Crippen molar-refractivity contribution < 1.29 is 17.7 Å². The average molecular weight is 991 g/mol. The number of benzene rings is 2. The van der Waals surface area contributed by atoms with E-state index in [0.29, 0.717) is 18.4 Å². The normalized spacial score (nSPS) is 15.5. The van der Waals surface area contributed by atoms with Crippen LogP contribution in [0.15, 0.2) is 57.7 Å². The Morgan fingerprint density at radius 2 is 0.984 bits per heavy atom. The minimum absolute atomic E-state index is 0.274. The summed E-state index contributed by atoms with van der Waals surface area (Å²) in [6.07, 6.45) is 11.6. The predicted octanol–water partition coefficient (Wildman–Crippen LogP) is 11.2. The van der Waals surface area contributed by atoms with Crippen LogP contribution in [0.1, 0.15) is 83.3 Å². The Hall–Kier alpha value is -3.75. The lowest BCUT2D eigenvalue weighted by Gasteiger charge is -2.34. The number of rotatable bonds is 10. The molecule has 2 saturated heterocycles. The maximum absolute atomic E-state index is 11.2. The highest BCUT2D eigenvalue weighted by Crippen LogP contribution is 2.39. The van der Waals surface area contributed by atoms with E-state index in [1.54, 1.807) is 0 Å². The van der Waals surface area contributed by atoms with Crippen LogP contribution in [-0.2, 0) is 14.3 Å². The Bertz CT molecular complexity index is 2660. The number of hydrogen-bond donors (Lipinski definition) is 1. The molecule has 0 bridgehead atoms. The van der Waals surface area contributed by atoms with Gasteiger partial charge in [-0.15, -0.1) is 0 Å². The van der Waals surface area contributed by atoms with Crippen molar-refractivity contribution in [3.05, 3.63) is 103 Å². The number of fused-ring (bicyclic) bond motifs is 2. The largest absolute Gasteiger partial charge is 0.396 e. The Labute approximate surface area is 385 Å². The van der Waals surface area contributed by atoms with Gasteiger partial charge in [-0.2, -0.15) is 8.42 Å². The zero-order valence-electron chi connectivity index (χ0n) is 37.8. The molecular weight excluding hydrogens is 928 g/mol. The first-order valence-corrected chi connectivity index (χ1v) is 25.3. The molecule has 0 saturated carbocycles. The number of aliphatic hydroxyl groups excluding tert-OH is 1. The maximum atomic E-state index is 11.2. The fourth-order valence-electron chi connectivity index (χ4n) is 9.90. The molecule has 0 spiro atoms. The van der Waals surface area contributed by atoms with Crippen LogP contribution in [0.4, 0.5) is 11.4 Å². The number of aryl methyl sites for hydroxylation is 8. The number of halogens is 2. The standard InChI is InChI=1S/C25H32BrN3O3S.C24H30BrN3O/c1-16-12-21(26)13-17(2)24(16)29-15-18(3)23-22(14-19(4)27-25(23)29)28-9-6-20(7-10-28)8-11-32-33(5,30)31;1-15-11-20(25)12-16(2)23(15)28-14-17(3)22-21(13-18(4)26-24(22)28)27-8-5-19(6-9-27)7-10-29/h12-15,20H,6-11H2,1-5H3;11-14,19,29H,5-10H2,1-4H3. The molecule has 2 aliphatic rings. The molecule has 62 heavy (non-hydrogen) atoms. The van der Waals surface area contributed by atoms with Crippen molar-refractivity contribution in [2.45, 2.75) is 93.9 Å². The van der Waals surface area contributed by atoms with Gasteiger partial charge in [0.1, 0.15) is 11.3 Å². The zero-order chi connectivity index (χ0) is 44.6. The Morgan fingerprint density at radius 1 is 0.613 bits per heavy atom. The van der Waals surface area contributed by atoms with Crippen LogP contribution in [0, 0.1) is 67.2 Å². The van der Waals surface area contributed by atoms with E-state index >= 15 is 0 Å². The highest BCUT2D eigenvalue weighted by atomic mass is 79.9. The molecule has 0 unspecified atom stereocenters. The second kappa shape index (κ2) is 19.2. The first-order chi connectivity index (χ1) is 29.4. The number of anilines is 2. The molecule has 0 amide bonds. The molecule has 0 aliphatic carbocycles. The van der Waals surface area contributed by atoms with E-state index in [-0.39, 0.29) is 6.61 Å². The van der Waals surface area contributed by atoms with Gasteiger partial charge in [-0.25, -0.2) is 9.97 Å². The molecule has 6 heterocycles. The van der Waals surface area contributed by atoms with E-state index in [0.717, 1.165) is 103 Å². The molecule has 2 fully saturated rings. The number of aliphatic hydroxyl groups is 1. The van der Waals surface area contributed by atoms with Crippen molar-refractivity contribution in [2.24, 2.45) is 11.8 Å². The predicted molar refractivity (Wildman–Crippen MR) is 262 cm³/mol. The molecule has 0 atom stereocenters. The molecular formula is C49H62Br2N6O4S. The van der Waals surface area contributed by atoms with E-state index in [1.165, 1.54) is 66.9 Å². The molecule has 0 radical (unpaired) electrons. The molecule has 10 nitrogen and oxygen atoms in total. The second-order valence-corrected chi connectivity index (χ2v) is 21.3. The van der Waals surface area contributed by atoms with Crippen molar-refractivity contribution in [3.63, 3.8) is 0 Å². The van der Waals surface area contributed by atoms with Crippen LogP contribution in [0.5, 0.6) is 0 Å². The summed E-state index contributed by atoms with van der Waals surface area (Å²) in [5.41, 5.74) is 16.4. The molecule has 4 aromatic heterocycles. The number of hydrogen-bond acceptors (Lipinski definition) is 8. The van der Waals surface area contributed by atoms with Crippen LogP contribution in [0.2, 0.25) is 0 Å². The Balaban J connectivity index is 0.000000188. The smallest absolute Gasteiger partial charge is 0.264 e. The lowest BCUT2D eigenvalue weighted by molar-refractivity contribution is 0.240. The van der Waals surface area contributed by atoms with Crippen LogP contribution < -0.4 is 9.80 Å². The average Bonchev–Trinajstić information content (AvgIpc) is 3.68. The van der Waals surface area contributed by atoms with Gasteiger partial charge in [0, 0.05) is 87.7 Å². The van der Waals surface area contributed by atoms with E-state index < -0.39 is 10.1 Å². The third kappa shape index (κ3) is 10.1. The Kier molecular flexibility index (Phi) is 14.3. The van der Waals surface area contributed by atoms with Crippen LogP contribution in [0.25, 0.3) is 33.4 Å². The topological polar surface area (TPSA) is 106 Å². The molecule has 1 N–H and O–H groups in total. The van der Waals surface area contributed by atoms with Gasteiger partial charge >= 0.3 is 0 Å². The molecule has 2 aromatic carbocycles. The van der Waals surface area contributed by atoms with Gasteiger partial charge in [0.15, 0.2) is 0 Å². The van der Waals surface area contributed by atoms with Crippen molar-refractivity contribution in [3.8, 4) is 11.4 Å². The van der Waals surface area contributed by atoms with Crippen LogP contribution >= 0.6 is 31.9 Å². The van der Waals surface area contributed by atoms with E-state index in [9.17, 15) is 13.5 Å². The van der Waals surface area contributed by atoms with Gasteiger partial charge in [-0.1, -0.05) is 31.9 Å². The number of nitrogens with zero attached hydrogens (tertiary/aromatic N) is 6. The van der Waals surface area contributed by atoms with Gasteiger partial charge in [0.05, 0.1) is 24.2 Å². The summed E-state index contributed by atoms with van der Waals surface area (Å²) in [7, 11) is -3.36. The molecule has 2 aliphatic heterocycles. The summed E-state index contributed by atoms with van der Waals surface area (Å²) in [6.45, 7) is 21.7. The summed E-state index contributed by atoms with van der Waals surface area (Å²) < 4.78 is 34.1. The number of pyridine rings is 2. The first-order valence-electron chi connectivity index (χ1n) is 21.9. The lowest BCUT2D eigenvalue weighted by Crippen LogP contribution is -2.34. The monoisotopic (exact) mass is 988 g/mol. The van der Waals surface area contributed by atoms with Gasteiger partial charge in [0.25, 0.3) is 10.1 Å². The van der Waals surface area contributed by atoms with E-state index in [2.05, 4.69) is 155 Å². The van der Waals surface area contributed by atoms with E-state index in [4.69, 9.17) is 14.2 Å². The summed E-state index contributed by atoms with van der Waals surface area (Å²) in [4.78, 5) is 14.9. The number of aromatic nitrogens is 4. The summed E-state index contributed by atoms with van der Waals surface area (Å²) in [5.74, 6) is 1.13. The SMILES string of the molecule is Cc1cc(N2CCC(CCO)CC2)c2c(C)cn(-c3c(C)cc(Br)cc3C)c2n1.Cc1cc(N2CCC(CCOS(C)(=O)=O)CC2)c2c(C)cn(-c3c(C)cc(Br)cc3C)c2n1. The highest BCUT2D eigenvalue weighted by Gasteiger charge is 2.26. The van der Waals surface area contributed by atoms with Gasteiger partial charge < -0.3 is 24.0 Å². The van der Waals surface area contributed by atoms with Crippen molar-refractivity contribution in [1.82, 2.24) is 19.1 Å². The fraction of sp³-hybridized carbons (Fsp3) is 0.469. The third-order valence-electron chi connectivity index (χ3n) is 12.8. The minimum atomic E-state index is -3.36.